The first-order chi connectivity index (χ1) is 6.22. The number of hydrogen-bond donors (Lipinski definition) is 0. The van der Waals surface area contributed by atoms with Gasteiger partial charge in [-0.2, -0.15) is 0 Å². The van der Waals surface area contributed by atoms with Crippen molar-refractivity contribution in [1.82, 2.24) is 0 Å². The van der Waals surface area contributed by atoms with Crippen LogP contribution in [0.25, 0.3) is 0 Å². The second kappa shape index (κ2) is 5.42. The fourth-order valence-electron chi connectivity index (χ4n) is 0.606. The van der Waals surface area contributed by atoms with Crippen molar-refractivity contribution in [3.63, 3.8) is 0 Å². The van der Waals surface area contributed by atoms with Crippen molar-refractivity contribution in [2.45, 2.75) is 4.90 Å². The Kier molecular flexibility index (Phi) is 4.48. The van der Waals surface area contributed by atoms with E-state index in [1.807, 2.05) is 12.1 Å². The molecule has 0 heterocycles. The summed E-state index contributed by atoms with van der Waals surface area (Å²) in [6.07, 6.45) is 0. The van der Waals surface area contributed by atoms with Gasteiger partial charge < -0.3 is 4.74 Å². The molecule has 0 bridgehead atoms. The molecule has 0 saturated carbocycles. The monoisotopic (exact) mass is 234 g/mol. The maximum absolute atomic E-state index is 10.7. The van der Waals surface area contributed by atoms with Crippen molar-refractivity contribution in [3.8, 4) is 0 Å². The van der Waals surface area contributed by atoms with E-state index in [-0.39, 0.29) is 5.30 Å². The first-order valence-electron chi connectivity index (χ1n) is 3.40. The minimum absolute atomic E-state index is 0.306. The molecule has 0 saturated heterocycles. The zero-order chi connectivity index (χ0) is 9.68. The molecule has 0 aliphatic rings. The zero-order valence-corrected chi connectivity index (χ0v) is 9.21. The topological polar surface area (TPSA) is 26.3 Å². The van der Waals surface area contributed by atoms with Gasteiger partial charge in [0.1, 0.15) is 0 Å². The van der Waals surface area contributed by atoms with Gasteiger partial charge in [-0.1, -0.05) is 11.6 Å². The predicted octanol–water partition coefficient (Wildman–Crippen LogP) is 3.85. The van der Waals surface area contributed by atoms with Crippen LogP contribution >= 0.6 is 33.2 Å². The fourth-order valence-corrected chi connectivity index (χ4v) is 2.24. The van der Waals surface area contributed by atoms with Crippen molar-refractivity contribution in [2.75, 3.05) is 7.11 Å². The molecule has 0 radical (unpaired) electrons. The van der Waals surface area contributed by atoms with Gasteiger partial charge in [0.2, 0.25) is 0 Å². The Hall–Kier alpha value is -0.320. The molecule has 2 nitrogen and oxygen atoms in total. The van der Waals surface area contributed by atoms with E-state index >= 15 is 0 Å². The minimum Gasteiger partial charge on any atom is -0.460 e. The van der Waals surface area contributed by atoms with Gasteiger partial charge in [0, 0.05) is 20.7 Å². The molecule has 0 fully saturated rings. The molecule has 0 aliphatic carbocycles. The average molecular weight is 235 g/mol. The van der Waals surface area contributed by atoms with E-state index in [0.29, 0.717) is 5.02 Å². The molecule has 1 aromatic rings. The lowest BCUT2D eigenvalue weighted by Gasteiger charge is -1.98. The Morgan fingerprint density at radius 2 is 2.00 bits per heavy atom. The molecule has 0 unspecified atom stereocenters. The van der Waals surface area contributed by atoms with Gasteiger partial charge in [0.25, 0.3) is 0 Å². The summed E-state index contributed by atoms with van der Waals surface area (Å²) in [7, 11) is 3.75. The van der Waals surface area contributed by atoms with Crippen LogP contribution in [0.4, 0.5) is 4.79 Å². The van der Waals surface area contributed by atoms with Crippen molar-refractivity contribution in [1.29, 1.82) is 0 Å². The molecule has 1 rings (SSSR count). The fraction of sp³-hybridized carbons (Fsp3) is 0.125. The normalized spacial score (nSPS) is 9.69. The largest absolute Gasteiger partial charge is 0.460 e. The molecule has 0 atom stereocenters. The molecule has 70 valence electrons. The quantitative estimate of drug-likeness (QED) is 0.574. The van der Waals surface area contributed by atoms with Gasteiger partial charge in [0.15, 0.2) is 0 Å². The molecule has 0 N–H and O–H groups in total. The van der Waals surface area contributed by atoms with Crippen molar-refractivity contribution >= 4 is 38.5 Å². The number of ether oxygens (including phenoxy) is 1. The molecule has 5 heteroatoms. The summed E-state index contributed by atoms with van der Waals surface area (Å²) in [6.45, 7) is 0. The Balaban J connectivity index is 2.46. The Morgan fingerprint density at radius 1 is 1.38 bits per heavy atom. The highest BCUT2D eigenvalue weighted by atomic mass is 35.5. The van der Waals surface area contributed by atoms with E-state index in [4.69, 9.17) is 11.6 Å². The van der Waals surface area contributed by atoms with Gasteiger partial charge in [0.05, 0.1) is 7.11 Å². The third kappa shape index (κ3) is 3.93. The highest BCUT2D eigenvalue weighted by Crippen LogP contribution is 2.32. The zero-order valence-electron chi connectivity index (χ0n) is 6.82. The van der Waals surface area contributed by atoms with Crippen molar-refractivity contribution in [3.05, 3.63) is 29.3 Å². The van der Waals surface area contributed by atoms with E-state index in [1.54, 1.807) is 12.1 Å². The van der Waals surface area contributed by atoms with Crippen molar-refractivity contribution in [2.24, 2.45) is 0 Å². The predicted molar refractivity (Wildman–Crippen MR) is 57.3 cm³/mol. The van der Waals surface area contributed by atoms with Gasteiger partial charge in [-0.3, -0.25) is 0 Å². The first-order valence-corrected chi connectivity index (χ1v) is 5.93. The standard InChI is InChI=1S/C8H7ClO2S2/c1-11-8(10)13-12-7-4-2-6(9)3-5-7/h2-5H,1H3. The summed E-state index contributed by atoms with van der Waals surface area (Å²) in [5.74, 6) is 0. The van der Waals surface area contributed by atoms with Crippen LogP contribution in [-0.2, 0) is 4.74 Å². The Bertz CT molecular complexity index is 287. The molecular weight excluding hydrogens is 228 g/mol. The first kappa shape index (κ1) is 10.8. The second-order valence-electron chi connectivity index (χ2n) is 2.07. The number of carbonyl (C=O) groups is 1. The van der Waals surface area contributed by atoms with E-state index in [0.717, 1.165) is 15.7 Å². The molecule has 0 spiro atoms. The maximum atomic E-state index is 10.7. The molecule has 1 aromatic carbocycles. The smallest absolute Gasteiger partial charge is 0.378 e. The summed E-state index contributed by atoms with van der Waals surface area (Å²) in [5, 5.41) is 0.382. The Morgan fingerprint density at radius 3 is 2.54 bits per heavy atom. The number of hydrogen-bond acceptors (Lipinski definition) is 4. The number of benzene rings is 1. The molecule has 0 aliphatic heterocycles. The van der Waals surface area contributed by atoms with Crippen LogP contribution < -0.4 is 0 Å². The van der Waals surface area contributed by atoms with Crippen LogP contribution in [0.15, 0.2) is 29.2 Å². The average Bonchev–Trinajstić information content (AvgIpc) is 2.16. The molecule has 0 amide bonds. The summed E-state index contributed by atoms with van der Waals surface area (Å²) in [5.41, 5.74) is 0. The minimum atomic E-state index is -0.306. The van der Waals surface area contributed by atoms with E-state index in [2.05, 4.69) is 4.74 Å². The molecule has 0 aromatic heterocycles. The lowest BCUT2D eigenvalue weighted by molar-refractivity contribution is 0.200. The lowest BCUT2D eigenvalue weighted by atomic mass is 10.4. The third-order valence-corrected chi connectivity index (χ3v) is 3.52. The van der Waals surface area contributed by atoms with Crippen LogP contribution in [0, 0.1) is 0 Å². The molecular formula is C8H7ClO2S2. The highest BCUT2D eigenvalue weighted by molar-refractivity contribution is 8.82. The van der Waals surface area contributed by atoms with Crippen LogP contribution in [0.2, 0.25) is 5.02 Å². The number of rotatable bonds is 2. The SMILES string of the molecule is COC(=O)SSc1ccc(Cl)cc1. The highest BCUT2D eigenvalue weighted by Gasteiger charge is 2.02. The van der Waals surface area contributed by atoms with Crippen LogP contribution in [-0.4, -0.2) is 12.4 Å². The van der Waals surface area contributed by atoms with Crippen LogP contribution in [0.3, 0.4) is 0 Å². The van der Waals surface area contributed by atoms with E-state index in [9.17, 15) is 4.79 Å². The van der Waals surface area contributed by atoms with Gasteiger partial charge in [-0.15, -0.1) is 0 Å². The number of methoxy groups -OCH3 is 1. The van der Waals surface area contributed by atoms with Gasteiger partial charge >= 0.3 is 5.30 Å². The van der Waals surface area contributed by atoms with E-state index < -0.39 is 0 Å². The van der Waals surface area contributed by atoms with Crippen molar-refractivity contribution < 1.29 is 9.53 Å². The lowest BCUT2D eigenvalue weighted by Crippen LogP contribution is -1.86. The van der Waals surface area contributed by atoms with Gasteiger partial charge in [-0.25, -0.2) is 4.79 Å². The van der Waals surface area contributed by atoms with E-state index in [1.165, 1.54) is 17.9 Å². The summed E-state index contributed by atoms with van der Waals surface area (Å²) >= 11 is 5.69. The third-order valence-electron chi connectivity index (χ3n) is 1.19. The second-order valence-corrected chi connectivity index (χ2v) is 4.65. The number of carbonyl (C=O) groups excluding carboxylic acids is 1. The summed E-state index contributed by atoms with van der Waals surface area (Å²) < 4.78 is 4.47. The number of halogens is 1. The van der Waals surface area contributed by atoms with Gasteiger partial charge in [-0.05, 0) is 35.1 Å². The summed E-state index contributed by atoms with van der Waals surface area (Å²) in [6, 6.07) is 7.26. The maximum Gasteiger partial charge on any atom is 0.378 e. The van der Waals surface area contributed by atoms with Crippen LogP contribution in [0.5, 0.6) is 0 Å². The van der Waals surface area contributed by atoms with Crippen LogP contribution in [0.1, 0.15) is 0 Å². The summed E-state index contributed by atoms with van der Waals surface area (Å²) in [4.78, 5) is 11.7. The Labute approximate surface area is 89.4 Å². The molecule has 13 heavy (non-hydrogen) atoms.